The summed E-state index contributed by atoms with van der Waals surface area (Å²) in [7, 11) is 2.16. The Morgan fingerprint density at radius 3 is 2.90 bits per heavy atom. The third-order valence-electron chi connectivity index (χ3n) is 4.76. The lowest BCUT2D eigenvalue weighted by molar-refractivity contribution is 0.315. The Hall–Kier alpha value is -1.71. The molecule has 0 aromatic heterocycles. The smallest absolute Gasteiger partial charge is 0.188 e. The molecule has 21 heavy (non-hydrogen) atoms. The maximum Gasteiger partial charge on any atom is 0.188 e. The molecule has 4 nitrogen and oxygen atoms in total. The average Bonchev–Trinajstić information content (AvgIpc) is 2.43. The molecule has 1 aliphatic heterocycles. The highest BCUT2D eigenvalue weighted by molar-refractivity contribution is 5.77. The van der Waals surface area contributed by atoms with Gasteiger partial charge in [0.25, 0.3) is 0 Å². The Kier molecular flexibility index (Phi) is 4.32. The Labute approximate surface area is 127 Å². The maximum atomic E-state index is 5.97. The van der Waals surface area contributed by atoms with Crippen molar-refractivity contribution in [3.63, 3.8) is 0 Å². The summed E-state index contributed by atoms with van der Waals surface area (Å²) in [6, 6.07) is 8.65. The van der Waals surface area contributed by atoms with E-state index < -0.39 is 0 Å². The van der Waals surface area contributed by atoms with E-state index in [0.717, 1.165) is 32.0 Å². The average molecular weight is 286 g/mol. The van der Waals surface area contributed by atoms with E-state index in [0.29, 0.717) is 11.9 Å². The van der Waals surface area contributed by atoms with Crippen LogP contribution >= 0.6 is 0 Å². The molecule has 3 N–H and O–H groups in total. The lowest BCUT2D eigenvalue weighted by Gasteiger charge is -2.32. The fourth-order valence-electron chi connectivity index (χ4n) is 3.27. The molecule has 3 rings (SSSR count). The van der Waals surface area contributed by atoms with Gasteiger partial charge in [-0.3, -0.25) is 4.99 Å². The van der Waals surface area contributed by atoms with Crippen LogP contribution in [-0.2, 0) is 6.42 Å². The van der Waals surface area contributed by atoms with Crippen molar-refractivity contribution in [1.82, 2.24) is 5.32 Å². The standard InChI is InChI=1S/C17H26N4/c1-21-12-14(9-15-7-2-3-8-16(15)21)11-20-17(18)19-10-13-5-4-6-13/h2-3,7-8,13-14H,4-6,9-12H2,1H3,(H3,18,19,20). The van der Waals surface area contributed by atoms with Gasteiger partial charge in [0.2, 0.25) is 0 Å². The van der Waals surface area contributed by atoms with Crippen molar-refractivity contribution in [1.29, 1.82) is 0 Å². The number of hydrogen-bond acceptors (Lipinski definition) is 2. The van der Waals surface area contributed by atoms with Crippen LogP contribution in [-0.4, -0.2) is 32.6 Å². The number of benzene rings is 1. The van der Waals surface area contributed by atoms with Gasteiger partial charge in [-0.25, -0.2) is 0 Å². The van der Waals surface area contributed by atoms with E-state index in [-0.39, 0.29) is 0 Å². The number of para-hydroxylation sites is 1. The van der Waals surface area contributed by atoms with E-state index in [1.807, 2.05) is 0 Å². The zero-order chi connectivity index (χ0) is 14.7. The van der Waals surface area contributed by atoms with Crippen molar-refractivity contribution >= 4 is 11.6 Å². The quantitative estimate of drug-likeness (QED) is 0.657. The number of nitrogens with one attached hydrogen (secondary N) is 1. The molecule has 0 radical (unpaired) electrons. The lowest BCUT2D eigenvalue weighted by atomic mass is 9.85. The molecule has 1 saturated carbocycles. The highest BCUT2D eigenvalue weighted by atomic mass is 15.1. The summed E-state index contributed by atoms with van der Waals surface area (Å²) in [4.78, 5) is 6.87. The Morgan fingerprint density at radius 2 is 2.14 bits per heavy atom. The molecule has 1 heterocycles. The van der Waals surface area contributed by atoms with Gasteiger partial charge in [-0.2, -0.15) is 0 Å². The predicted molar refractivity (Wildman–Crippen MR) is 88.7 cm³/mol. The molecule has 1 fully saturated rings. The van der Waals surface area contributed by atoms with E-state index in [2.05, 4.69) is 46.5 Å². The van der Waals surface area contributed by atoms with E-state index in [9.17, 15) is 0 Å². The summed E-state index contributed by atoms with van der Waals surface area (Å²) in [5, 5.41) is 3.27. The van der Waals surface area contributed by atoms with Gasteiger partial charge in [-0.05, 0) is 36.8 Å². The summed E-state index contributed by atoms with van der Waals surface area (Å²) in [5.41, 5.74) is 8.75. The van der Waals surface area contributed by atoms with Gasteiger partial charge in [-0.1, -0.05) is 24.6 Å². The van der Waals surface area contributed by atoms with Gasteiger partial charge in [-0.15, -0.1) is 0 Å². The summed E-state index contributed by atoms with van der Waals surface area (Å²) in [6.45, 7) is 2.85. The number of fused-ring (bicyclic) bond motifs is 1. The number of guanidine groups is 1. The van der Waals surface area contributed by atoms with Crippen LogP contribution in [0, 0.1) is 11.8 Å². The minimum Gasteiger partial charge on any atom is -0.374 e. The normalized spacial score (nSPS) is 22.6. The van der Waals surface area contributed by atoms with Crippen LogP contribution in [0.2, 0.25) is 0 Å². The maximum absolute atomic E-state index is 5.97. The number of aliphatic imine (C=N–C) groups is 1. The number of nitrogens with zero attached hydrogens (tertiary/aromatic N) is 2. The molecule has 1 aliphatic carbocycles. The molecule has 1 atom stereocenters. The van der Waals surface area contributed by atoms with Gasteiger partial charge >= 0.3 is 0 Å². The minimum atomic E-state index is 0.550. The van der Waals surface area contributed by atoms with Crippen molar-refractivity contribution < 1.29 is 0 Å². The summed E-state index contributed by atoms with van der Waals surface area (Å²) >= 11 is 0. The molecular weight excluding hydrogens is 260 g/mol. The van der Waals surface area contributed by atoms with Crippen molar-refractivity contribution in [3.05, 3.63) is 29.8 Å². The second-order valence-electron chi connectivity index (χ2n) is 6.48. The fraction of sp³-hybridized carbons (Fsp3) is 0.588. The van der Waals surface area contributed by atoms with Crippen LogP contribution in [0.25, 0.3) is 0 Å². The van der Waals surface area contributed by atoms with Crippen LogP contribution in [0.4, 0.5) is 5.69 Å². The molecule has 0 saturated heterocycles. The van der Waals surface area contributed by atoms with Gasteiger partial charge in [0, 0.05) is 38.3 Å². The highest BCUT2D eigenvalue weighted by Crippen LogP contribution is 2.28. The number of anilines is 1. The van der Waals surface area contributed by atoms with E-state index >= 15 is 0 Å². The van der Waals surface area contributed by atoms with Crippen LogP contribution in [0.1, 0.15) is 24.8 Å². The van der Waals surface area contributed by atoms with Gasteiger partial charge in [0.15, 0.2) is 5.96 Å². The topological polar surface area (TPSA) is 53.6 Å². The third kappa shape index (κ3) is 3.49. The number of nitrogens with two attached hydrogens (primary N) is 1. The molecule has 4 heteroatoms. The monoisotopic (exact) mass is 286 g/mol. The van der Waals surface area contributed by atoms with E-state index in [4.69, 9.17) is 5.73 Å². The third-order valence-corrected chi connectivity index (χ3v) is 4.76. The minimum absolute atomic E-state index is 0.550. The highest BCUT2D eigenvalue weighted by Gasteiger charge is 2.21. The largest absolute Gasteiger partial charge is 0.374 e. The van der Waals surface area contributed by atoms with Gasteiger partial charge < -0.3 is 16.0 Å². The van der Waals surface area contributed by atoms with Crippen molar-refractivity contribution in [3.8, 4) is 0 Å². The molecule has 0 bridgehead atoms. The molecule has 0 amide bonds. The first-order valence-corrected chi connectivity index (χ1v) is 8.05. The Bertz CT molecular complexity index is 507. The van der Waals surface area contributed by atoms with E-state index in [1.54, 1.807) is 0 Å². The SMILES string of the molecule is CN1CC(CN=C(N)NCC2CCC2)Cc2ccccc21. The van der Waals surface area contributed by atoms with Crippen LogP contribution < -0.4 is 16.0 Å². The first-order chi connectivity index (χ1) is 10.2. The molecule has 1 aromatic carbocycles. The van der Waals surface area contributed by atoms with Crippen LogP contribution in [0.5, 0.6) is 0 Å². The molecule has 1 unspecified atom stereocenters. The summed E-state index contributed by atoms with van der Waals surface area (Å²) in [5.74, 6) is 1.98. The summed E-state index contributed by atoms with van der Waals surface area (Å²) < 4.78 is 0. The second kappa shape index (κ2) is 6.37. The van der Waals surface area contributed by atoms with Crippen molar-refractivity contribution in [2.45, 2.75) is 25.7 Å². The fourth-order valence-corrected chi connectivity index (χ4v) is 3.27. The number of hydrogen-bond donors (Lipinski definition) is 2. The first-order valence-electron chi connectivity index (χ1n) is 8.05. The first kappa shape index (κ1) is 14.2. The number of rotatable bonds is 4. The van der Waals surface area contributed by atoms with Crippen molar-refractivity contribution in [2.24, 2.45) is 22.6 Å². The molecule has 114 valence electrons. The molecule has 0 spiro atoms. The van der Waals surface area contributed by atoms with Crippen molar-refractivity contribution in [2.75, 3.05) is 31.6 Å². The van der Waals surface area contributed by atoms with Crippen LogP contribution in [0.15, 0.2) is 29.3 Å². The Balaban J connectivity index is 1.51. The molecule has 1 aromatic rings. The zero-order valence-corrected chi connectivity index (χ0v) is 12.9. The second-order valence-corrected chi connectivity index (χ2v) is 6.48. The van der Waals surface area contributed by atoms with E-state index in [1.165, 1.54) is 30.5 Å². The Morgan fingerprint density at radius 1 is 1.33 bits per heavy atom. The predicted octanol–water partition coefficient (Wildman–Crippen LogP) is 2.00. The lowest BCUT2D eigenvalue weighted by Crippen LogP contribution is -2.38. The zero-order valence-electron chi connectivity index (χ0n) is 12.9. The van der Waals surface area contributed by atoms with Crippen LogP contribution in [0.3, 0.4) is 0 Å². The molecule has 2 aliphatic rings. The van der Waals surface area contributed by atoms with Gasteiger partial charge in [0.05, 0.1) is 0 Å². The molecular formula is C17H26N4. The van der Waals surface area contributed by atoms with Gasteiger partial charge in [0.1, 0.15) is 0 Å². The summed E-state index contributed by atoms with van der Waals surface area (Å²) in [6.07, 6.45) is 5.14.